The van der Waals surface area contributed by atoms with Gasteiger partial charge in [0.25, 0.3) is 5.69 Å². The van der Waals surface area contributed by atoms with Crippen LogP contribution in [0.25, 0.3) is 5.70 Å². The smallest absolute Gasteiger partial charge is 0.273 e. The first kappa shape index (κ1) is 18.3. The van der Waals surface area contributed by atoms with Crippen molar-refractivity contribution in [1.82, 2.24) is 5.32 Å². The van der Waals surface area contributed by atoms with Crippen molar-refractivity contribution in [1.29, 1.82) is 0 Å². The fourth-order valence-corrected chi connectivity index (χ4v) is 4.37. The Bertz CT molecular complexity index is 1110. The van der Waals surface area contributed by atoms with Crippen LogP contribution in [0.3, 0.4) is 0 Å². The Morgan fingerprint density at radius 1 is 1.14 bits per heavy atom. The second kappa shape index (κ2) is 6.80. The van der Waals surface area contributed by atoms with E-state index in [-0.39, 0.29) is 11.5 Å². The number of nitrogens with one attached hydrogen (secondary N) is 1. The summed E-state index contributed by atoms with van der Waals surface area (Å²) in [6.07, 6.45) is 0.616. The highest BCUT2D eigenvalue weighted by Crippen LogP contribution is 2.48. The van der Waals surface area contributed by atoms with Gasteiger partial charge in [0.15, 0.2) is 5.78 Å². The van der Waals surface area contributed by atoms with Gasteiger partial charge in [-0.2, -0.15) is 0 Å². The third kappa shape index (κ3) is 2.60. The van der Waals surface area contributed by atoms with Gasteiger partial charge in [-0.05, 0) is 18.9 Å². The van der Waals surface area contributed by atoms with E-state index >= 15 is 0 Å². The van der Waals surface area contributed by atoms with E-state index < -0.39 is 10.8 Å². The number of hydrogen-bond donors (Lipinski definition) is 1. The van der Waals surface area contributed by atoms with Gasteiger partial charge in [0.05, 0.1) is 10.6 Å². The first-order chi connectivity index (χ1) is 13.5. The van der Waals surface area contributed by atoms with Gasteiger partial charge in [-0.25, -0.2) is 0 Å². The Labute approximate surface area is 167 Å². The molecule has 2 aliphatic rings. The van der Waals surface area contributed by atoms with Crippen molar-refractivity contribution in [3.05, 3.63) is 92.2 Å². The van der Waals surface area contributed by atoms with Gasteiger partial charge in [-0.3, -0.25) is 14.9 Å². The lowest BCUT2D eigenvalue weighted by molar-refractivity contribution is -0.385. The number of para-hydroxylation sites is 1. The van der Waals surface area contributed by atoms with Gasteiger partial charge in [0.1, 0.15) is 0 Å². The van der Waals surface area contributed by atoms with E-state index in [4.69, 9.17) is 12.2 Å². The molecular formula is C22H18N2O3S. The van der Waals surface area contributed by atoms with Crippen molar-refractivity contribution in [3.8, 4) is 0 Å². The molecule has 0 radical (unpaired) electrons. The largest absolute Gasteiger partial charge is 0.358 e. The van der Waals surface area contributed by atoms with Crippen LogP contribution < -0.4 is 5.32 Å². The van der Waals surface area contributed by atoms with Gasteiger partial charge < -0.3 is 5.32 Å². The Hall–Kier alpha value is -3.12. The number of Topliss-reactive ketones (excluding diaryl/α,β-unsaturated/α-hetero) is 1. The maximum absolute atomic E-state index is 13.3. The summed E-state index contributed by atoms with van der Waals surface area (Å²) in [5.41, 5.74) is 4.80. The van der Waals surface area contributed by atoms with Crippen molar-refractivity contribution < 1.29 is 9.72 Å². The van der Waals surface area contributed by atoms with E-state index in [0.29, 0.717) is 28.0 Å². The number of hydrogen-bond acceptors (Lipinski definition) is 5. The van der Waals surface area contributed by atoms with E-state index in [2.05, 4.69) is 5.32 Å². The minimum Gasteiger partial charge on any atom is -0.358 e. The van der Waals surface area contributed by atoms with Crippen LogP contribution in [0.1, 0.15) is 47.7 Å². The highest BCUT2D eigenvalue weighted by molar-refractivity contribution is 7.80. The molecule has 1 atom stereocenters. The number of nitro groups is 1. The van der Waals surface area contributed by atoms with Crippen LogP contribution in [0, 0.1) is 10.1 Å². The van der Waals surface area contributed by atoms with Crippen LogP contribution in [0.2, 0.25) is 0 Å². The maximum Gasteiger partial charge on any atom is 0.273 e. The molecule has 0 fully saturated rings. The van der Waals surface area contributed by atoms with Crippen molar-refractivity contribution in [3.63, 3.8) is 0 Å². The van der Waals surface area contributed by atoms with Crippen LogP contribution in [-0.2, 0) is 0 Å². The molecule has 140 valence electrons. The topological polar surface area (TPSA) is 72.2 Å². The fourth-order valence-electron chi connectivity index (χ4n) is 4.10. The number of rotatable bonds is 4. The highest BCUT2D eigenvalue weighted by Gasteiger charge is 2.42. The molecule has 2 aromatic rings. The Kier molecular flexibility index (Phi) is 4.43. The van der Waals surface area contributed by atoms with E-state index in [9.17, 15) is 14.9 Å². The van der Waals surface area contributed by atoms with Crippen LogP contribution in [0.5, 0.6) is 0 Å². The number of fused-ring (bicyclic) bond motifs is 2. The molecule has 1 N–H and O–H groups in total. The third-order valence-electron chi connectivity index (χ3n) is 5.31. The highest BCUT2D eigenvalue weighted by atomic mass is 32.1. The minimum atomic E-state index is -0.565. The van der Waals surface area contributed by atoms with Crippen LogP contribution in [0.15, 0.2) is 65.4 Å². The zero-order valence-corrected chi connectivity index (χ0v) is 16.3. The second-order valence-electron chi connectivity index (χ2n) is 6.85. The molecule has 0 spiro atoms. The van der Waals surface area contributed by atoms with Gasteiger partial charge >= 0.3 is 0 Å². The van der Waals surface area contributed by atoms with Gasteiger partial charge in [0, 0.05) is 44.8 Å². The summed E-state index contributed by atoms with van der Waals surface area (Å²) >= 11 is 5.62. The number of dihydropyridines is 1. The minimum absolute atomic E-state index is 0.00536. The second-order valence-corrected chi connectivity index (χ2v) is 7.35. The normalized spacial score (nSPS) is 17.9. The molecule has 2 aromatic carbocycles. The standard InChI is InChI=1S/C22H18N2O3S/c1-3-17(28)18-12(2)23-21-13-8-4-5-9-14(13)22(25)20(21)19(18)15-10-6-7-11-16(15)24(26)27/h4-11,19,23H,3H2,1-2H3. The molecule has 1 unspecified atom stereocenters. The summed E-state index contributed by atoms with van der Waals surface area (Å²) in [5, 5.41) is 15.1. The molecule has 1 aliphatic heterocycles. The zero-order chi connectivity index (χ0) is 20.0. The summed E-state index contributed by atoms with van der Waals surface area (Å²) in [4.78, 5) is 25.4. The molecule has 4 rings (SSSR count). The molecule has 0 aromatic heterocycles. The number of carbonyl (C=O) groups is 1. The van der Waals surface area contributed by atoms with Crippen LogP contribution >= 0.6 is 12.2 Å². The van der Waals surface area contributed by atoms with E-state index in [1.54, 1.807) is 24.3 Å². The SMILES string of the molecule is CCC(=S)C1=C(C)NC2=C(C(=O)c3ccccc32)C1c1ccccc1[N+](=O)[O-]. The lowest BCUT2D eigenvalue weighted by Crippen LogP contribution is -2.28. The van der Waals surface area contributed by atoms with Crippen molar-refractivity contribution in [2.45, 2.75) is 26.2 Å². The molecule has 1 heterocycles. The summed E-state index contributed by atoms with van der Waals surface area (Å²) in [5.74, 6) is -0.671. The molecule has 0 saturated heterocycles. The first-order valence-electron chi connectivity index (χ1n) is 9.08. The monoisotopic (exact) mass is 390 g/mol. The molecule has 5 nitrogen and oxygen atoms in total. The fraction of sp³-hybridized carbons (Fsp3) is 0.182. The van der Waals surface area contributed by atoms with Crippen molar-refractivity contribution in [2.24, 2.45) is 0 Å². The van der Waals surface area contributed by atoms with Gasteiger partial charge in [-0.1, -0.05) is 61.6 Å². The lowest BCUT2D eigenvalue weighted by Gasteiger charge is -2.30. The Balaban J connectivity index is 2.02. The number of allylic oxidation sites excluding steroid dienone is 3. The number of ketones is 1. The molecule has 28 heavy (non-hydrogen) atoms. The Morgan fingerprint density at radius 3 is 2.46 bits per heavy atom. The predicted molar refractivity (Wildman–Crippen MR) is 112 cm³/mol. The number of carbonyl (C=O) groups excluding carboxylic acids is 1. The van der Waals surface area contributed by atoms with Gasteiger partial charge in [0.2, 0.25) is 0 Å². The summed E-state index contributed by atoms with van der Waals surface area (Å²) < 4.78 is 0. The first-order valence-corrected chi connectivity index (χ1v) is 9.49. The number of benzene rings is 2. The van der Waals surface area contributed by atoms with E-state index in [1.165, 1.54) is 6.07 Å². The molecule has 0 saturated carbocycles. The molecule has 0 amide bonds. The number of nitro benzene ring substituents is 1. The average molecular weight is 390 g/mol. The maximum atomic E-state index is 13.3. The zero-order valence-electron chi connectivity index (χ0n) is 15.5. The molecule has 6 heteroatoms. The average Bonchev–Trinajstić information content (AvgIpc) is 2.98. The van der Waals surface area contributed by atoms with Crippen molar-refractivity contribution >= 4 is 34.3 Å². The molecule has 1 aliphatic carbocycles. The van der Waals surface area contributed by atoms with Crippen molar-refractivity contribution in [2.75, 3.05) is 0 Å². The quantitative estimate of drug-likeness (QED) is 0.455. The number of thiocarbonyl (C=S) groups is 1. The van der Waals surface area contributed by atoms with E-state index in [0.717, 1.165) is 22.5 Å². The third-order valence-corrected chi connectivity index (χ3v) is 5.82. The summed E-state index contributed by atoms with van der Waals surface area (Å²) in [7, 11) is 0. The van der Waals surface area contributed by atoms with Gasteiger partial charge in [-0.15, -0.1) is 0 Å². The van der Waals surface area contributed by atoms with E-state index in [1.807, 2.05) is 32.0 Å². The number of nitrogens with zero attached hydrogens (tertiary/aromatic N) is 1. The lowest BCUT2D eigenvalue weighted by atomic mass is 9.77. The summed E-state index contributed by atoms with van der Waals surface area (Å²) in [6, 6.07) is 14.0. The predicted octanol–water partition coefficient (Wildman–Crippen LogP) is 4.94. The van der Waals surface area contributed by atoms with Crippen LogP contribution in [0.4, 0.5) is 5.69 Å². The molecular weight excluding hydrogens is 372 g/mol. The Morgan fingerprint density at radius 2 is 1.79 bits per heavy atom. The summed E-state index contributed by atoms with van der Waals surface area (Å²) in [6.45, 7) is 3.86. The molecule has 0 bridgehead atoms. The van der Waals surface area contributed by atoms with Crippen LogP contribution in [-0.4, -0.2) is 15.6 Å².